The molecule has 1 N–H and O–H groups in total. The van der Waals surface area contributed by atoms with Gasteiger partial charge >= 0.3 is 5.97 Å². The Bertz CT molecular complexity index is 1120. The van der Waals surface area contributed by atoms with Gasteiger partial charge in [-0.1, -0.05) is 61.4 Å². The molecule has 1 fully saturated rings. The number of ether oxygens (including phenoxy) is 1. The molecule has 1 aliphatic carbocycles. The summed E-state index contributed by atoms with van der Waals surface area (Å²) in [7, 11) is 0. The van der Waals surface area contributed by atoms with Gasteiger partial charge in [0.1, 0.15) is 0 Å². The van der Waals surface area contributed by atoms with Gasteiger partial charge in [0.2, 0.25) is 0 Å². The number of fused-ring (bicyclic) bond motifs is 1. The van der Waals surface area contributed by atoms with Gasteiger partial charge in [0.05, 0.1) is 11.9 Å². The summed E-state index contributed by atoms with van der Waals surface area (Å²) < 4.78 is 6.48. The largest absolute Gasteiger partial charge is 0.451 e. The third-order valence-electron chi connectivity index (χ3n) is 5.29. The molecule has 0 aliphatic heterocycles. The van der Waals surface area contributed by atoms with Crippen LogP contribution in [0.15, 0.2) is 59.4 Å². The van der Waals surface area contributed by atoms with Crippen molar-refractivity contribution in [3.05, 3.63) is 76.2 Å². The summed E-state index contributed by atoms with van der Waals surface area (Å²) in [6, 6.07) is 16.3. The number of amides is 1. The molecule has 3 aromatic rings. The SMILES string of the molecule is O=C(COC(=O)c1nn(Cc2ccccc2)c(=O)c2ccccc12)NC1CCCC1. The highest BCUT2D eigenvalue weighted by molar-refractivity contribution is 6.02. The molecule has 7 nitrogen and oxygen atoms in total. The van der Waals surface area contributed by atoms with E-state index in [1.807, 2.05) is 30.3 Å². The maximum absolute atomic E-state index is 12.9. The zero-order chi connectivity index (χ0) is 20.9. The molecular formula is C23H23N3O4. The third-order valence-corrected chi connectivity index (χ3v) is 5.29. The first-order valence-corrected chi connectivity index (χ1v) is 10.1. The van der Waals surface area contributed by atoms with Crippen LogP contribution in [0.4, 0.5) is 0 Å². The first kappa shape index (κ1) is 19.8. The summed E-state index contributed by atoms with van der Waals surface area (Å²) in [6.07, 6.45) is 4.11. The maximum atomic E-state index is 12.9. The number of rotatable bonds is 6. The lowest BCUT2D eigenvalue weighted by atomic mass is 10.1. The molecule has 4 rings (SSSR count). The fourth-order valence-corrected chi connectivity index (χ4v) is 3.79. The lowest BCUT2D eigenvalue weighted by molar-refractivity contribution is -0.124. The van der Waals surface area contributed by atoms with Crippen LogP contribution in [0.2, 0.25) is 0 Å². The molecule has 1 amide bonds. The maximum Gasteiger partial charge on any atom is 0.359 e. The van der Waals surface area contributed by atoms with Crippen LogP contribution in [-0.4, -0.2) is 34.3 Å². The molecule has 1 saturated carbocycles. The zero-order valence-corrected chi connectivity index (χ0v) is 16.5. The number of benzene rings is 2. The second-order valence-corrected chi connectivity index (χ2v) is 7.47. The number of hydrogen-bond donors (Lipinski definition) is 1. The van der Waals surface area contributed by atoms with Crippen molar-refractivity contribution in [3.8, 4) is 0 Å². The molecule has 1 aliphatic rings. The highest BCUT2D eigenvalue weighted by atomic mass is 16.5. The Hall–Kier alpha value is -3.48. The van der Waals surface area contributed by atoms with Gasteiger partial charge in [-0.3, -0.25) is 9.59 Å². The van der Waals surface area contributed by atoms with E-state index in [-0.39, 0.29) is 36.4 Å². The quantitative estimate of drug-likeness (QED) is 0.637. The van der Waals surface area contributed by atoms with Crippen LogP contribution < -0.4 is 10.9 Å². The van der Waals surface area contributed by atoms with Crippen molar-refractivity contribution in [2.24, 2.45) is 0 Å². The predicted octanol–water partition coefficient (Wildman–Crippen LogP) is 2.66. The standard InChI is InChI=1S/C23H23N3O4/c27-20(24-17-10-4-5-11-17)15-30-23(29)21-18-12-6-7-13-19(18)22(28)26(25-21)14-16-8-2-1-3-9-16/h1-3,6-9,12-13,17H,4-5,10-11,14-15H2,(H,24,27). The van der Waals surface area contributed by atoms with Crippen LogP contribution in [0.1, 0.15) is 41.7 Å². The number of nitrogens with zero attached hydrogens (tertiary/aromatic N) is 2. The molecule has 0 spiro atoms. The Kier molecular flexibility index (Phi) is 5.88. The summed E-state index contributed by atoms with van der Waals surface area (Å²) in [5.41, 5.74) is 0.623. The minimum Gasteiger partial charge on any atom is -0.451 e. The average Bonchev–Trinajstić information content (AvgIpc) is 3.28. The summed E-state index contributed by atoms with van der Waals surface area (Å²) in [6.45, 7) is -0.143. The molecule has 0 radical (unpaired) electrons. The zero-order valence-electron chi connectivity index (χ0n) is 16.5. The third kappa shape index (κ3) is 4.40. The van der Waals surface area contributed by atoms with Crippen molar-refractivity contribution >= 4 is 22.6 Å². The molecular weight excluding hydrogens is 382 g/mol. The lowest BCUT2D eigenvalue weighted by Gasteiger charge is -2.13. The smallest absolute Gasteiger partial charge is 0.359 e. The van der Waals surface area contributed by atoms with Gasteiger partial charge in [-0.05, 0) is 24.5 Å². The highest BCUT2D eigenvalue weighted by Crippen LogP contribution is 2.18. The second-order valence-electron chi connectivity index (χ2n) is 7.47. The minimum absolute atomic E-state index is 0.0230. The normalized spacial score (nSPS) is 14.0. The Morgan fingerprint density at radius 1 is 1.00 bits per heavy atom. The van der Waals surface area contributed by atoms with Gasteiger partial charge in [-0.15, -0.1) is 0 Å². The van der Waals surface area contributed by atoms with Crippen LogP contribution in [0.3, 0.4) is 0 Å². The van der Waals surface area contributed by atoms with E-state index >= 15 is 0 Å². The Morgan fingerprint density at radius 3 is 2.40 bits per heavy atom. The molecule has 0 atom stereocenters. The van der Waals surface area contributed by atoms with E-state index in [4.69, 9.17) is 4.74 Å². The van der Waals surface area contributed by atoms with Crippen molar-refractivity contribution in [1.29, 1.82) is 0 Å². The highest BCUT2D eigenvalue weighted by Gasteiger charge is 2.21. The van der Waals surface area contributed by atoms with E-state index in [1.165, 1.54) is 4.68 Å². The van der Waals surface area contributed by atoms with Gasteiger partial charge in [0.15, 0.2) is 12.3 Å². The van der Waals surface area contributed by atoms with Gasteiger partial charge in [-0.2, -0.15) is 5.10 Å². The number of hydrogen-bond acceptors (Lipinski definition) is 5. The van der Waals surface area contributed by atoms with E-state index < -0.39 is 5.97 Å². The molecule has 0 unspecified atom stereocenters. The van der Waals surface area contributed by atoms with Crippen LogP contribution >= 0.6 is 0 Å². The number of esters is 1. The van der Waals surface area contributed by atoms with Gasteiger partial charge in [0, 0.05) is 11.4 Å². The van der Waals surface area contributed by atoms with E-state index in [9.17, 15) is 14.4 Å². The summed E-state index contributed by atoms with van der Waals surface area (Å²) >= 11 is 0. The molecule has 1 aromatic heterocycles. The van der Waals surface area contributed by atoms with Gasteiger partial charge in [-0.25, -0.2) is 9.48 Å². The van der Waals surface area contributed by atoms with Crippen LogP contribution in [0.25, 0.3) is 10.8 Å². The van der Waals surface area contributed by atoms with Crippen LogP contribution in [-0.2, 0) is 16.1 Å². The van der Waals surface area contributed by atoms with Gasteiger partial charge < -0.3 is 10.1 Å². The van der Waals surface area contributed by atoms with Crippen molar-refractivity contribution in [1.82, 2.24) is 15.1 Å². The van der Waals surface area contributed by atoms with Crippen molar-refractivity contribution in [2.45, 2.75) is 38.3 Å². The second kappa shape index (κ2) is 8.90. The molecule has 0 bridgehead atoms. The minimum atomic E-state index is -0.727. The number of carbonyl (C=O) groups is 2. The number of carbonyl (C=O) groups excluding carboxylic acids is 2. The monoisotopic (exact) mass is 405 g/mol. The summed E-state index contributed by atoms with van der Waals surface area (Å²) in [5.74, 6) is -1.05. The van der Waals surface area contributed by atoms with E-state index in [2.05, 4.69) is 10.4 Å². The summed E-state index contributed by atoms with van der Waals surface area (Å²) in [5, 5.41) is 7.95. The Labute approximate surface area is 173 Å². The summed E-state index contributed by atoms with van der Waals surface area (Å²) in [4.78, 5) is 37.7. The van der Waals surface area contributed by atoms with E-state index in [0.29, 0.717) is 10.8 Å². The van der Waals surface area contributed by atoms with Crippen LogP contribution in [0, 0.1) is 0 Å². The number of nitrogens with one attached hydrogen (secondary N) is 1. The van der Waals surface area contributed by atoms with Crippen molar-refractivity contribution < 1.29 is 14.3 Å². The van der Waals surface area contributed by atoms with E-state index in [0.717, 1.165) is 31.2 Å². The first-order chi connectivity index (χ1) is 14.6. The fourth-order valence-electron chi connectivity index (χ4n) is 3.79. The van der Waals surface area contributed by atoms with Gasteiger partial charge in [0.25, 0.3) is 11.5 Å². The van der Waals surface area contributed by atoms with E-state index in [1.54, 1.807) is 24.3 Å². The van der Waals surface area contributed by atoms with Crippen molar-refractivity contribution in [2.75, 3.05) is 6.61 Å². The average molecular weight is 405 g/mol. The molecule has 2 aromatic carbocycles. The van der Waals surface area contributed by atoms with Crippen LogP contribution in [0.5, 0.6) is 0 Å². The Morgan fingerprint density at radius 2 is 1.67 bits per heavy atom. The molecule has 154 valence electrons. The topological polar surface area (TPSA) is 90.3 Å². The Balaban J connectivity index is 1.57. The lowest BCUT2D eigenvalue weighted by Crippen LogP contribution is -2.36. The molecule has 7 heteroatoms. The predicted molar refractivity (Wildman–Crippen MR) is 112 cm³/mol. The number of aromatic nitrogens is 2. The molecule has 1 heterocycles. The fraction of sp³-hybridized carbons (Fsp3) is 0.304. The molecule has 30 heavy (non-hydrogen) atoms. The molecule has 0 saturated heterocycles. The first-order valence-electron chi connectivity index (χ1n) is 10.1. The van der Waals surface area contributed by atoms with Crippen molar-refractivity contribution in [3.63, 3.8) is 0 Å².